The fourth-order valence-electron chi connectivity index (χ4n) is 2.19. The average Bonchev–Trinajstić information content (AvgIpc) is 3.28. The summed E-state index contributed by atoms with van der Waals surface area (Å²) in [5, 5.41) is 6.24. The van der Waals surface area contributed by atoms with Gasteiger partial charge in [-0.05, 0) is 23.6 Å². The molecule has 3 rings (SSSR count). The zero-order valence-corrected chi connectivity index (χ0v) is 13.2. The van der Waals surface area contributed by atoms with Crippen molar-refractivity contribution in [1.29, 1.82) is 0 Å². The Kier molecular flexibility index (Phi) is 4.89. The van der Waals surface area contributed by atoms with Gasteiger partial charge in [-0.2, -0.15) is 11.3 Å². The molecule has 0 unspecified atom stereocenters. The fourth-order valence-corrected chi connectivity index (χ4v) is 2.83. The smallest absolute Gasteiger partial charge is 0.270 e. The first-order valence-electron chi connectivity index (χ1n) is 7.20. The molecule has 2 aromatic heterocycles. The first-order chi connectivity index (χ1) is 11.2. The summed E-state index contributed by atoms with van der Waals surface area (Å²) in [6.45, 7) is 2.00. The molecule has 3 heterocycles. The number of hydrogen-bond acceptors (Lipinski definition) is 5. The molecular formula is C16H16N2O4S. The number of morpholine rings is 1. The Morgan fingerprint density at radius 1 is 1.26 bits per heavy atom. The molecule has 1 aliphatic heterocycles. The molecule has 1 saturated heterocycles. The van der Waals surface area contributed by atoms with E-state index in [-0.39, 0.29) is 17.5 Å². The monoisotopic (exact) mass is 332 g/mol. The van der Waals surface area contributed by atoms with E-state index in [9.17, 15) is 9.59 Å². The van der Waals surface area contributed by atoms with Crippen molar-refractivity contribution in [2.75, 3.05) is 26.3 Å². The van der Waals surface area contributed by atoms with Gasteiger partial charge in [0.15, 0.2) is 0 Å². The standard InChI is InChI=1S/C16H16N2O4S/c19-15(12-3-9-23-11-12)17-14(10-13-2-1-6-22-13)16(20)18-4-7-21-8-5-18/h1-3,6,9-11H,4-5,7-8H2,(H,17,19)/b14-10-. The normalized spacial score (nSPS) is 15.5. The van der Waals surface area contributed by atoms with Crippen molar-refractivity contribution in [2.45, 2.75) is 0 Å². The molecule has 0 bridgehead atoms. The van der Waals surface area contributed by atoms with E-state index >= 15 is 0 Å². The predicted molar refractivity (Wildman–Crippen MR) is 85.9 cm³/mol. The Bertz CT molecular complexity index is 686. The van der Waals surface area contributed by atoms with Gasteiger partial charge in [0.25, 0.3) is 11.8 Å². The topological polar surface area (TPSA) is 71.8 Å². The molecule has 0 spiro atoms. The Balaban J connectivity index is 1.81. The maximum Gasteiger partial charge on any atom is 0.270 e. The van der Waals surface area contributed by atoms with Crippen LogP contribution in [0.25, 0.3) is 6.08 Å². The Hall–Kier alpha value is -2.38. The zero-order valence-electron chi connectivity index (χ0n) is 12.4. The van der Waals surface area contributed by atoms with E-state index in [1.165, 1.54) is 17.6 Å². The van der Waals surface area contributed by atoms with Gasteiger partial charge < -0.3 is 19.4 Å². The molecule has 23 heavy (non-hydrogen) atoms. The van der Waals surface area contributed by atoms with Crippen molar-refractivity contribution in [3.63, 3.8) is 0 Å². The van der Waals surface area contributed by atoms with Crippen LogP contribution in [0.4, 0.5) is 0 Å². The maximum atomic E-state index is 12.7. The summed E-state index contributed by atoms with van der Waals surface area (Å²) in [7, 11) is 0. The van der Waals surface area contributed by atoms with E-state index in [4.69, 9.17) is 9.15 Å². The fraction of sp³-hybridized carbons (Fsp3) is 0.250. The van der Waals surface area contributed by atoms with Gasteiger partial charge in [0.1, 0.15) is 11.5 Å². The SMILES string of the molecule is O=C(N/C(=C\c1ccco1)C(=O)N1CCOCC1)c1ccsc1. The van der Waals surface area contributed by atoms with Crippen LogP contribution in [0.1, 0.15) is 16.1 Å². The molecule has 0 saturated carbocycles. The second kappa shape index (κ2) is 7.26. The maximum absolute atomic E-state index is 12.7. The van der Waals surface area contributed by atoms with Crippen LogP contribution in [0.3, 0.4) is 0 Å². The molecule has 0 aromatic carbocycles. The Morgan fingerprint density at radius 2 is 2.09 bits per heavy atom. The summed E-state index contributed by atoms with van der Waals surface area (Å²) in [5.41, 5.74) is 0.716. The van der Waals surface area contributed by atoms with Gasteiger partial charge in [-0.3, -0.25) is 9.59 Å². The van der Waals surface area contributed by atoms with Gasteiger partial charge in [-0.1, -0.05) is 0 Å². The highest BCUT2D eigenvalue weighted by Gasteiger charge is 2.23. The van der Waals surface area contributed by atoms with Crippen LogP contribution in [0, 0.1) is 0 Å². The Morgan fingerprint density at radius 3 is 2.74 bits per heavy atom. The molecule has 7 heteroatoms. The molecule has 1 aliphatic rings. The van der Waals surface area contributed by atoms with Crippen LogP contribution >= 0.6 is 11.3 Å². The molecule has 0 radical (unpaired) electrons. The van der Waals surface area contributed by atoms with E-state index in [2.05, 4.69) is 5.32 Å². The second-order valence-electron chi connectivity index (χ2n) is 4.94. The number of nitrogens with zero attached hydrogens (tertiary/aromatic N) is 1. The Labute approximate surface area is 137 Å². The lowest BCUT2D eigenvalue weighted by atomic mass is 10.2. The lowest BCUT2D eigenvalue weighted by Crippen LogP contribution is -2.44. The number of carbonyl (C=O) groups excluding carboxylic acids is 2. The number of carbonyl (C=O) groups is 2. The van der Waals surface area contributed by atoms with Crippen LogP contribution in [0.2, 0.25) is 0 Å². The lowest BCUT2D eigenvalue weighted by Gasteiger charge is -2.27. The summed E-state index contributed by atoms with van der Waals surface area (Å²) in [5.74, 6) is -0.0498. The van der Waals surface area contributed by atoms with Crippen LogP contribution in [0.15, 0.2) is 45.3 Å². The molecular weight excluding hydrogens is 316 g/mol. The second-order valence-corrected chi connectivity index (χ2v) is 5.72. The highest BCUT2D eigenvalue weighted by atomic mass is 32.1. The summed E-state index contributed by atoms with van der Waals surface area (Å²) in [6.07, 6.45) is 3.06. The molecule has 2 aromatic rings. The number of thiophene rings is 1. The molecule has 120 valence electrons. The number of furan rings is 1. The minimum absolute atomic E-state index is 0.193. The first kappa shape index (κ1) is 15.5. The summed E-state index contributed by atoms with van der Waals surface area (Å²) in [4.78, 5) is 26.6. The quantitative estimate of drug-likeness (QED) is 0.869. The van der Waals surface area contributed by atoms with Crippen molar-refractivity contribution in [2.24, 2.45) is 0 Å². The molecule has 0 aliphatic carbocycles. The van der Waals surface area contributed by atoms with Gasteiger partial charge in [0, 0.05) is 24.5 Å². The van der Waals surface area contributed by atoms with Gasteiger partial charge in [0.2, 0.25) is 0 Å². The van der Waals surface area contributed by atoms with Crippen LogP contribution in [-0.4, -0.2) is 43.0 Å². The van der Waals surface area contributed by atoms with Crippen LogP contribution in [-0.2, 0) is 9.53 Å². The van der Waals surface area contributed by atoms with Crippen molar-refractivity contribution in [1.82, 2.24) is 10.2 Å². The van der Waals surface area contributed by atoms with E-state index in [0.29, 0.717) is 37.6 Å². The third kappa shape index (κ3) is 3.88. The molecule has 6 nitrogen and oxygen atoms in total. The van der Waals surface area contributed by atoms with Gasteiger partial charge >= 0.3 is 0 Å². The third-order valence-corrected chi connectivity index (χ3v) is 4.07. The number of rotatable bonds is 4. The zero-order chi connectivity index (χ0) is 16.1. The number of ether oxygens (including phenoxy) is 1. The highest BCUT2D eigenvalue weighted by Crippen LogP contribution is 2.12. The molecule has 0 atom stereocenters. The van der Waals surface area contributed by atoms with Crippen LogP contribution < -0.4 is 5.32 Å². The minimum atomic E-state index is -0.314. The predicted octanol–water partition coefficient (Wildman–Crippen LogP) is 1.97. The van der Waals surface area contributed by atoms with Crippen LogP contribution in [0.5, 0.6) is 0 Å². The van der Waals surface area contributed by atoms with E-state index < -0.39 is 0 Å². The average molecular weight is 332 g/mol. The van der Waals surface area contributed by atoms with Gasteiger partial charge in [-0.25, -0.2) is 0 Å². The van der Waals surface area contributed by atoms with E-state index in [0.717, 1.165) is 0 Å². The highest BCUT2D eigenvalue weighted by molar-refractivity contribution is 7.08. The summed E-state index contributed by atoms with van der Waals surface area (Å²) < 4.78 is 10.5. The van der Waals surface area contributed by atoms with Crippen molar-refractivity contribution in [3.05, 3.63) is 52.2 Å². The van der Waals surface area contributed by atoms with Crippen molar-refractivity contribution < 1.29 is 18.7 Å². The summed E-state index contributed by atoms with van der Waals surface area (Å²) >= 11 is 1.43. The number of nitrogens with one attached hydrogen (secondary N) is 1. The molecule has 2 amide bonds. The van der Waals surface area contributed by atoms with Gasteiger partial charge in [0.05, 0.1) is 25.0 Å². The van der Waals surface area contributed by atoms with E-state index in [1.54, 1.807) is 34.6 Å². The van der Waals surface area contributed by atoms with Crippen molar-refractivity contribution in [3.8, 4) is 0 Å². The minimum Gasteiger partial charge on any atom is -0.465 e. The van der Waals surface area contributed by atoms with Gasteiger partial charge in [-0.15, -0.1) is 0 Å². The largest absolute Gasteiger partial charge is 0.465 e. The first-order valence-corrected chi connectivity index (χ1v) is 8.14. The van der Waals surface area contributed by atoms with Crippen molar-refractivity contribution >= 4 is 29.2 Å². The molecule has 1 N–H and O–H groups in total. The molecule has 1 fully saturated rings. The third-order valence-electron chi connectivity index (χ3n) is 3.39. The summed E-state index contributed by atoms with van der Waals surface area (Å²) in [6, 6.07) is 5.16. The lowest BCUT2D eigenvalue weighted by molar-refractivity contribution is -0.131. The number of hydrogen-bond donors (Lipinski definition) is 1. The van der Waals surface area contributed by atoms with E-state index in [1.807, 2.05) is 5.38 Å². The number of amides is 2.